The Morgan fingerprint density at radius 3 is 2.63 bits per heavy atom. The van der Waals surface area contributed by atoms with Gasteiger partial charge in [-0.25, -0.2) is 0 Å². The third-order valence-corrected chi connectivity index (χ3v) is 6.38. The minimum atomic E-state index is -0.281. The second-order valence-corrected chi connectivity index (χ2v) is 8.15. The van der Waals surface area contributed by atoms with Crippen LogP contribution in [-0.4, -0.2) is 0 Å². The minimum absolute atomic E-state index is 0.161. The Kier molecular flexibility index (Phi) is 4.62. The van der Waals surface area contributed by atoms with Gasteiger partial charge >= 0.3 is 0 Å². The van der Waals surface area contributed by atoms with Crippen LogP contribution in [0.2, 0.25) is 0 Å². The minimum Gasteiger partial charge on any atom is -0.489 e. The van der Waals surface area contributed by atoms with Gasteiger partial charge in [-0.1, -0.05) is 54.6 Å². The number of ether oxygens (including phenoxy) is 2. The van der Waals surface area contributed by atoms with E-state index >= 15 is 0 Å². The summed E-state index contributed by atoms with van der Waals surface area (Å²) in [5, 5.41) is 10.8. The molecule has 5 rings (SSSR count). The molecule has 0 saturated carbocycles. The summed E-state index contributed by atoms with van der Waals surface area (Å²) in [6.45, 7) is 0.481. The van der Waals surface area contributed by atoms with Gasteiger partial charge in [-0.05, 0) is 35.4 Å². The highest BCUT2D eigenvalue weighted by Gasteiger charge is 2.33. The Hall–Kier alpha value is -3.75. The average Bonchev–Trinajstić information content (AvgIpc) is 3.15. The molecule has 3 aromatic carbocycles. The molecule has 30 heavy (non-hydrogen) atoms. The smallest absolute Gasteiger partial charge is 0.205 e. The lowest BCUT2D eigenvalue weighted by Crippen LogP contribution is -2.19. The molecule has 0 fully saturated rings. The highest BCUT2D eigenvalue weighted by molar-refractivity contribution is 7.19. The highest BCUT2D eigenvalue weighted by Crippen LogP contribution is 2.50. The fourth-order valence-electron chi connectivity index (χ4n) is 3.74. The van der Waals surface area contributed by atoms with Gasteiger partial charge in [0.2, 0.25) is 5.88 Å². The second kappa shape index (κ2) is 7.58. The summed E-state index contributed by atoms with van der Waals surface area (Å²) in [5.41, 5.74) is 8.64. The number of hydrogen-bond acceptors (Lipinski definition) is 5. The Labute approximate surface area is 178 Å². The molecule has 1 aromatic heterocycles. The van der Waals surface area contributed by atoms with Gasteiger partial charge in [0.05, 0.1) is 10.8 Å². The second-order valence-electron chi connectivity index (χ2n) is 7.06. The monoisotopic (exact) mass is 410 g/mol. The first-order valence-corrected chi connectivity index (χ1v) is 10.4. The molecule has 4 nitrogen and oxygen atoms in total. The van der Waals surface area contributed by atoms with Crippen molar-refractivity contribution in [3.8, 4) is 17.6 Å². The van der Waals surface area contributed by atoms with Crippen LogP contribution in [0, 0.1) is 11.3 Å². The van der Waals surface area contributed by atoms with E-state index in [4.69, 9.17) is 15.2 Å². The quantitative estimate of drug-likeness (QED) is 0.469. The van der Waals surface area contributed by atoms with Gasteiger partial charge in [-0.15, -0.1) is 11.3 Å². The van der Waals surface area contributed by atoms with Crippen LogP contribution in [0.5, 0.6) is 11.5 Å². The normalized spacial score (nSPS) is 15.4. The SMILES string of the molecule is N#CC1=C(N)Oc2c(sc3ccccc23)C1c1cccc(OCc2ccccc2)c1. The van der Waals surface area contributed by atoms with Crippen molar-refractivity contribution in [2.24, 2.45) is 5.73 Å². The van der Waals surface area contributed by atoms with Crippen molar-refractivity contribution in [2.75, 3.05) is 0 Å². The number of fused-ring (bicyclic) bond motifs is 3. The molecular formula is C25H18N2O2S. The van der Waals surface area contributed by atoms with Crippen LogP contribution in [0.3, 0.4) is 0 Å². The molecular weight excluding hydrogens is 392 g/mol. The third-order valence-electron chi connectivity index (χ3n) is 5.16. The largest absolute Gasteiger partial charge is 0.489 e. The van der Waals surface area contributed by atoms with E-state index in [-0.39, 0.29) is 11.8 Å². The number of rotatable bonds is 4. The zero-order valence-corrected chi connectivity index (χ0v) is 16.9. The molecule has 1 atom stereocenters. The molecule has 2 N–H and O–H groups in total. The first-order chi connectivity index (χ1) is 14.7. The van der Waals surface area contributed by atoms with Gasteiger partial charge in [-0.2, -0.15) is 5.26 Å². The lowest BCUT2D eigenvalue weighted by atomic mass is 9.88. The fourth-order valence-corrected chi connectivity index (χ4v) is 5.01. The van der Waals surface area contributed by atoms with E-state index in [0.717, 1.165) is 37.6 Å². The van der Waals surface area contributed by atoms with E-state index in [2.05, 4.69) is 12.1 Å². The molecule has 2 heterocycles. The molecule has 1 unspecified atom stereocenters. The van der Waals surface area contributed by atoms with Gasteiger partial charge in [0, 0.05) is 10.1 Å². The summed E-state index contributed by atoms with van der Waals surface area (Å²) in [4.78, 5) is 0.988. The molecule has 0 saturated heterocycles. The number of hydrogen-bond donors (Lipinski definition) is 1. The number of nitriles is 1. The lowest BCUT2D eigenvalue weighted by molar-refractivity contribution is 0.306. The van der Waals surface area contributed by atoms with Gasteiger partial charge < -0.3 is 15.2 Å². The molecule has 0 aliphatic carbocycles. The van der Waals surface area contributed by atoms with Crippen LogP contribution in [-0.2, 0) is 6.61 Å². The molecule has 1 aliphatic rings. The van der Waals surface area contributed by atoms with Crippen molar-refractivity contribution in [1.29, 1.82) is 5.26 Å². The Bertz CT molecular complexity index is 1300. The lowest BCUT2D eigenvalue weighted by Gasteiger charge is -2.24. The van der Waals surface area contributed by atoms with Crippen LogP contribution in [0.4, 0.5) is 0 Å². The van der Waals surface area contributed by atoms with Crippen LogP contribution < -0.4 is 15.2 Å². The maximum absolute atomic E-state index is 9.82. The maximum atomic E-state index is 9.82. The Balaban J connectivity index is 1.55. The molecule has 1 aliphatic heterocycles. The van der Waals surface area contributed by atoms with Crippen LogP contribution in [0.1, 0.15) is 21.9 Å². The van der Waals surface area contributed by atoms with Crippen molar-refractivity contribution in [2.45, 2.75) is 12.5 Å². The van der Waals surface area contributed by atoms with Crippen molar-refractivity contribution >= 4 is 21.4 Å². The Morgan fingerprint density at radius 2 is 1.80 bits per heavy atom. The first-order valence-electron chi connectivity index (χ1n) is 9.60. The standard InChI is InChI=1S/C25H18N2O2S/c26-14-20-22(24-23(29-25(20)27)19-11-4-5-12-21(19)30-24)17-9-6-10-18(13-17)28-15-16-7-2-1-3-8-16/h1-13,22H,15,27H2. The molecule has 5 heteroatoms. The van der Waals surface area contributed by atoms with Gasteiger partial charge in [-0.3, -0.25) is 0 Å². The number of nitrogens with zero attached hydrogens (tertiary/aromatic N) is 1. The number of nitrogens with two attached hydrogens (primary N) is 1. The van der Waals surface area contributed by atoms with Crippen molar-refractivity contribution in [3.05, 3.63) is 106 Å². The van der Waals surface area contributed by atoms with E-state index in [9.17, 15) is 5.26 Å². The number of thiophene rings is 1. The molecule has 146 valence electrons. The first kappa shape index (κ1) is 18.3. The molecule has 0 bridgehead atoms. The number of benzene rings is 3. The average molecular weight is 410 g/mol. The summed E-state index contributed by atoms with van der Waals surface area (Å²) in [5.74, 6) is 1.37. The van der Waals surface area contributed by atoms with Crippen molar-refractivity contribution < 1.29 is 9.47 Å². The van der Waals surface area contributed by atoms with Crippen LogP contribution in [0.25, 0.3) is 10.1 Å². The van der Waals surface area contributed by atoms with E-state index in [0.29, 0.717) is 12.2 Å². The van der Waals surface area contributed by atoms with Crippen LogP contribution >= 0.6 is 11.3 Å². The van der Waals surface area contributed by atoms with E-state index in [1.807, 2.05) is 72.8 Å². The maximum Gasteiger partial charge on any atom is 0.205 e. The van der Waals surface area contributed by atoms with Gasteiger partial charge in [0.15, 0.2) is 5.75 Å². The predicted octanol–water partition coefficient (Wildman–Crippen LogP) is 5.70. The van der Waals surface area contributed by atoms with E-state index < -0.39 is 0 Å². The van der Waals surface area contributed by atoms with Crippen molar-refractivity contribution in [3.63, 3.8) is 0 Å². The van der Waals surface area contributed by atoms with E-state index in [1.165, 1.54) is 0 Å². The molecule has 0 radical (unpaired) electrons. The zero-order valence-electron chi connectivity index (χ0n) is 16.0. The topological polar surface area (TPSA) is 68.3 Å². The highest BCUT2D eigenvalue weighted by atomic mass is 32.1. The molecule has 0 amide bonds. The summed E-state index contributed by atoms with van der Waals surface area (Å²) in [7, 11) is 0. The summed E-state index contributed by atoms with van der Waals surface area (Å²) < 4.78 is 13.0. The summed E-state index contributed by atoms with van der Waals surface area (Å²) >= 11 is 1.63. The van der Waals surface area contributed by atoms with Gasteiger partial charge in [0.25, 0.3) is 0 Å². The zero-order chi connectivity index (χ0) is 20.5. The molecule has 4 aromatic rings. The Morgan fingerprint density at radius 1 is 1.00 bits per heavy atom. The summed E-state index contributed by atoms with van der Waals surface area (Å²) in [6, 6.07) is 28.2. The van der Waals surface area contributed by atoms with Crippen molar-refractivity contribution in [1.82, 2.24) is 0 Å². The van der Waals surface area contributed by atoms with Gasteiger partial charge in [0.1, 0.15) is 24.0 Å². The fraction of sp³-hybridized carbons (Fsp3) is 0.0800. The molecule has 0 spiro atoms. The summed E-state index contributed by atoms with van der Waals surface area (Å²) in [6.07, 6.45) is 0. The number of allylic oxidation sites excluding steroid dienone is 1. The third kappa shape index (κ3) is 3.18. The predicted molar refractivity (Wildman–Crippen MR) is 118 cm³/mol. The van der Waals surface area contributed by atoms with Crippen LogP contribution in [0.15, 0.2) is 90.3 Å². The van der Waals surface area contributed by atoms with E-state index in [1.54, 1.807) is 11.3 Å².